The Morgan fingerprint density at radius 1 is 1.39 bits per heavy atom. The summed E-state index contributed by atoms with van der Waals surface area (Å²) in [6, 6.07) is 7.80. The van der Waals surface area contributed by atoms with Crippen molar-refractivity contribution in [2.45, 2.75) is 32.7 Å². The number of nitrogens with zero attached hydrogens (tertiary/aromatic N) is 2. The lowest BCUT2D eigenvalue weighted by atomic mass is 10.2. The molecule has 0 radical (unpaired) electrons. The molecule has 3 aromatic rings. The van der Waals surface area contributed by atoms with Gasteiger partial charge < -0.3 is 5.32 Å². The molecule has 1 atom stereocenters. The van der Waals surface area contributed by atoms with Crippen molar-refractivity contribution in [3.8, 4) is 11.3 Å². The summed E-state index contributed by atoms with van der Waals surface area (Å²) in [6.45, 7) is 4.07. The van der Waals surface area contributed by atoms with Crippen LogP contribution in [-0.2, 0) is 11.2 Å². The summed E-state index contributed by atoms with van der Waals surface area (Å²) < 4.78 is 1.99. The van der Waals surface area contributed by atoms with E-state index in [4.69, 9.17) is 11.6 Å². The molecule has 0 aliphatic rings. The number of aromatic nitrogens is 2. The van der Waals surface area contributed by atoms with Crippen LogP contribution in [0.5, 0.6) is 0 Å². The molecule has 1 amide bonds. The first-order valence-electron chi connectivity index (χ1n) is 7.57. The predicted molar refractivity (Wildman–Crippen MR) is 95.1 cm³/mol. The van der Waals surface area contributed by atoms with Gasteiger partial charge in [-0.2, -0.15) is 0 Å². The highest BCUT2D eigenvalue weighted by Crippen LogP contribution is 2.25. The van der Waals surface area contributed by atoms with Crippen LogP contribution in [0.15, 0.2) is 35.8 Å². The number of rotatable bonds is 5. The lowest BCUT2D eigenvalue weighted by Crippen LogP contribution is -2.33. The molecule has 0 bridgehead atoms. The molecule has 23 heavy (non-hydrogen) atoms. The second-order valence-corrected chi connectivity index (χ2v) is 6.84. The molecule has 0 unspecified atom stereocenters. The third-order valence-corrected chi connectivity index (χ3v) is 4.93. The van der Waals surface area contributed by atoms with E-state index in [0.29, 0.717) is 11.4 Å². The molecule has 0 fully saturated rings. The van der Waals surface area contributed by atoms with Gasteiger partial charge in [0.05, 0.1) is 12.1 Å². The van der Waals surface area contributed by atoms with Gasteiger partial charge in [0.25, 0.3) is 0 Å². The Labute approximate surface area is 144 Å². The largest absolute Gasteiger partial charge is 0.353 e. The maximum atomic E-state index is 12.1. The molecule has 0 saturated heterocycles. The predicted octanol–water partition coefficient (Wildman–Crippen LogP) is 4.17. The molecular weight excluding hydrogens is 330 g/mol. The average molecular weight is 348 g/mol. The minimum absolute atomic E-state index is 0.0424. The van der Waals surface area contributed by atoms with Crippen LogP contribution in [0.1, 0.15) is 26.0 Å². The normalized spacial score (nSPS) is 12.5. The molecule has 0 aliphatic heterocycles. The van der Waals surface area contributed by atoms with E-state index in [9.17, 15) is 4.79 Å². The van der Waals surface area contributed by atoms with Crippen LogP contribution in [0.4, 0.5) is 0 Å². The maximum absolute atomic E-state index is 12.1. The topological polar surface area (TPSA) is 46.4 Å². The summed E-state index contributed by atoms with van der Waals surface area (Å²) in [5.74, 6) is 0.0424. The van der Waals surface area contributed by atoms with E-state index < -0.39 is 0 Å². The van der Waals surface area contributed by atoms with Crippen LogP contribution < -0.4 is 5.32 Å². The Kier molecular flexibility index (Phi) is 4.68. The molecule has 6 heteroatoms. The number of fused-ring (bicyclic) bond motifs is 1. The maximum Gasteiger partial charge on any atom is 0.226 e. The number of thiazole rings is 1. The van der Waals surface area contributed by atoms with Gasteiger partial charge in [0.1, 0.15) is 0 Å². The van der Waals surface area contributed by atoms with Crippen molar-refractivity contribution in [2.75, 3.05) is 0 Å². The zero-order valence-corrected chi connectivity index (χ0v) is 14.6. The van der Waals surface area contributed by atoms with E-state index in [1.165, 1.54) is 0 Å². The van der Waals surface area contributed by atoms with Gasteiger partial charge in [-0.15, -0.1) is 11.3 Å². The zero-order chi connectivity index (χ0) is 16.4. The van der Waals surface area contributed by atoms with Gasteiger partial charge in [-0.1, -0.05) is 30.7 Å². The average Bonchev–Trinajstić information content (AvgIpc) is 3.10. The monoisotopic (exact) mass is 347 g/mol. The van der Waals surface area contributed by atoms with Crippen LogP contribution in [0, 0.1) is 0 Å². The Bertz CT molecular complexity index is 822. The smallest absolute Gasteiger partial charge is 0.226 e. The lowest BCUT2D eigenvalue weighted by molar-refractivity contribution is -0.121. The van der Waals surface area contributed by atoms with E-state index in [0.717, 1.165) is 28.3 Å². The van der Waals surface area contributed by atoms with E-state index in [1.54, 1.807) is 11.3 Å². The first kappa shape index (κ1) is 16.0. The molecule has 0 aliphatic carbocycles. The van der Waals surface area contributed by atoms with Gasteiger partial charge in [-0.25, -0.2) is 4.98 Å². The number of carbonyl (C=O) groups excluding carboxylic acids is 1. The summed E-state index contributed by atoms with van der Waals surface area (Å²) in [5, 5.41) is 5.69. The number of carbonyl (C=O) groups is 1. The van der Waals surface area contributed by atoms with Crippen LogP contribution in [0.3, 0.4) is 0 Å². The van der Waals surface area contributed by atoms with Crippen molar-refractivity contribution in [1.29, 1.82) is 0 Å². The van der Waals surface area contributed by atoms with Crippen LogP contribution in [0.2, 0.25) is 5.02 Å². The van der Waals surface area contributed by atoms with Crippen molar-refractivity contribution in [3.63, 3.8) is 0 Å². The second kappa shape index (κ2) is 6.72. The molecule has 0 spiro atoms. The van der Waals surface area contributed by atoms with Crippen molar-refractivity contribution in [2.24, 2.45) is 0 Å². The van der Waals surface area contributed by atoms with Crippen LogP contribution in [0.25, 0.3) is 16.2 Å². The number of benzene rings is 1. The zero-order valence-electron chi connectivity index (χ0n) is 13.0. The van der Waals surface area contributed by atoms with Gasteiger partial charge in [0, 0.05) is 33.9 Å². The van der Waals surface area contributed by atoms with Gasteiger partial charge >= 0.3 is 0 Å². The van der Waals surface area contributed by atoms with Gasteiger partial charge in [0.15, 0.2) is 4.96 Å². The standard InChI is InChI=1S/C17H18ClN3OS/c1-3-11(2)19-16(22)8-14-10-23-17-20-15(9-21(14)17)12-4-6-13(18)7-5-12/h4-7,9-11H,3,8H2,1-2H3,(H,19,22)/t11-/m1/s1. The Hall–Kier alpha value is -1.85. The van der Waals surface area contributed by atoms with Crippen molar-refractivity contribution >= 4 is 33.8 Å². The molecule has 4 nitrogen and oxygen atoms in total. The van der Waals surface area contributed by atoms with E-state index in [2.05, 4.69) is 17.2 Å². The highest BCUT2D eigenvalue weighted by Gasteiger charge is 2.13. The fourth-order valence-electron chi connectivity index (χ4n) is 2.31. The molecule has 2 aromatic heterocycles. The molecule has 3 rings (SSSR count). The summed E-state index contributed by atoms with van der Waals surface area (Å²) in [5.41, 5.74) is 2.86. The van der Waals surface area contributed by atoms with Crippen molar-refractivity contribution < 1.29 is 4.79 Å². The van der Waals surface area contributed by atoms with Gasteiger partial charge in [0.2, 0.25) is 5.91 Å². The first-order chi connectivity index (χ1) is 11.1. The fourth-order valence-corrected chi connectivity index (χ4v) is 3.31. The Morgan fingerprint density at radius 3 is 2.83 bits per heavy atom. The SMILES string of the molecule is CC[C@@H](C)NC(=O)Cc1csc2nc(-c3ccc(Cl)cc3)cn12. The van der Waals surface area contributed by atoms with Crippen molar-refractivity contribution in [1.82, 2.24) is 14.7 Å². The first-order valence-corrected chi connectivity index (χ1v) is 8.83. The highest BCUT2D eigenvalue weighted by atomic mass is 35.5. The van der Waals surface area contributed by atoms with Gasteiger partial charge in [-0.3, -0.25) is 9.20 Å². The van der Waals surface area contributed by atoms with Crippen LogP contribution in [-0.4, -0.2) is 21.3 Å². The van der Waals surface area contributed by atoms with Gasteiger partial charge in [-0.05, 0) is 25.5 Å². The van der Waals surface area contributed by atoms with E-state index >= 15 is 0 Å². The summed E-state index contributed by atoms with van der Waals surface area (Å²) >= 11 is 7.47. The minimum Gasteiger partial charge on any atom is -0.353 e. The number of hydrogen-bond donors (Lipinski definition) is 1. The highest BCUT2D eigenvalue weighted by molar-refractivity contribution is 7.15. The van der Waals surface area contributed by atoms with E-state index in [-0.39, 0.29) is 11.9 Å². The number of amides is 1. The van der Waals surface area contributed by atoms with Crippen LogP contribution >= 0.6 is 22.9 Å². The number of halogens is 1. The third kappa shape index (κ3) is 3.57. The lowest BCUT2D eigenvalue weighted by Gasteiger charge is -2.10. The van der Waals surface area contributed by atoms with E-state index in [1.807, 2.05) is 47.2 Å². The Morgan fingerprint density at radius 2 is 2.13 bits per heavy atom. The number of nitrogens with one attached hydrogen (secondary N) is 1. The second-order valence-electron chi connectivity index (χ2n) is 5.57. The number of hydrogen-bond acceptors (Lipinski definition) is 3. The molecule has 1 N–H and O–H groups in total. The minimum atomic E-state index is 0.0424. The quantitative estimate of drug-likeness (QED) is 0.752. The molecular formula is C17H18ClN3OS. The molecule has 1 aromatic carbocycles. The molecule has 2 heterocycles. The Balaban J connectivity index is 1.83. The molecule has 120 valence electrons. The molecule has 0 saturated carbocycles. The summed E-state index contributed by atoms with van der Waals surface area (Å²) in [7, 11) is 0. The summed E-state index contributed by atoms with van der Waals surface area (Å²) in [4.78, 5) is 17.6. The van der Waals surface area contributed by atoms with Crippen molar-refractivity contribution in [3.05, 3.63) is 46.6 Å². The fraction of sp³-hybridized carbons (Fsp3) is 0.294. The third-order valence-electron chi connectivity index (χ3n) is 3.78. The number of imidazole rings is 1. The summed E-state index contributed by atoms with van der Waals surface area (Å²) in [6.07, 6.45) is 3.26.